The lowest BCUT2D eigenvalue weighted by Gasteiger charge is -2.18. The van der Waals surface area contributed by atoms with Crippen molar-refractivity contribution in [2.45, 2.75) is 19.1 Å². The van der Waals surface area contributed by atoms with E-state index in [9.17, 15) is 4.79 Å². The maximum atomic E-state index is 12.7. The molecule has 1 aromatic carbocycles. The number of nitrogens with one attached hydrogen (secondary N) is 1. The van der Waals surface area contributed by atoms with Crippen LogP contribution in [0.3, 0.4) is 0 Å². The van der Waals surface area contributed by atoms with E-state index in [1.165, 1.54) is 0 Å². The van der Waals surface area contributed by atoms with Crippen LogP contribution < -0.4 is 10.1 Å². The molecule has 4 rings (SSSR count). The molecule has 2 unspecified atom stereocenters. The molecule has 0 bridgehead atoms. The van der Waals surface area contributed by atoms with Crippen molar-refractivity contribution in [3.63, 3.8) is 0 Å². The number of amides is 1. The predicted molar refractivity (Wildman–Crippen MR) is 102 cm³/mol. The number of allylic oxidation sites excluding steroid dienone is 1. The van der Waals surface area contributed by atoms with Gasteiger partial charge in [0.15, 0.2) is 0 Å². The molecular formula is C21H19N3O3. The van der Waals surface area contributed by atoms with Gasteiger partial charge in [0.05, 0.1) is 18.2 Å². The van der Waals surface area contributed by atoms with Crippen molar-refractivity contribution in [3.05, 3.63) is 83.3 Å². The van der Waals surface area contributed by atoms with Crippen LogP contribution in [-0.2, 0) is 4.74 Å². The Morgan fingerprint density at radius 1 is 1.26 bits per heavy atom. The average Bonchev–Trinajstić information content (AvgIpc) is 3.12. The van der Waals surface area contributed by atoms with Crippen molar-refractivity contribution in [1.29, 1.82) is 0 Å². The second-order valence-corrected chi connectivity index (χ2v) is 6.34. The molecule has 27 heavy (non-hydrogen) atoms. The zero-order valence-electron chi connectivity index (χ0n) is 15.0. The maximum absolute atomic E-state index is 12.7. The number of nitrogens with zero attached hydrogens (tertiary/aromatic N) is 2. The van der Waals surface area contributed by atoms with Crippen LogP contribution in [0.2, 0.25) is 0 Å². The Balaban J connectivity index is 1.53. The molecule has 1 N–H and O–H groups in total. The van der Waals surface area contributed by atoms with E-state index in [2.05, 4.69) is 15.3 Å². The van der Waals surface area contributed by atoms with Crippen molar-refractivity contribution in [2.24, 2.45) is 4.99 Å². The lowest BCUT2D eigenvalue weighted by Crippen LogP contribution is -2.28. The third kappa shape index (κ3) is 3.33. The highest BCUT2D eigenvalue weighted by atomic mass is 16.5. The van der Waals surface area contributed by atoms with E-state index in [1.54, 1.807) is 25.6 Å². The van der Waals surface area contributed by atoms with Crippen molar-refractivity contribution in [2.75, 3.05) is 7.11 Å². The topological polar surface area (TPSA) is 72.8 Å². The number of hydrogen-bond acceptors (Lipinski definition) is 5. The number of methoxy groups -OCH3 is 1. The van der Waals surface area contributed by atoms with Gasteiger partial charge in [-0.15, -0.1) is 0 Å². The standard InChI is InChI=1S/C21H19N3O3/c1-13-5-3-7-16(19(13)26-2)20(25)23-15-8-9-18-17(11-15)24-21(27-18)14-6-4-10-22-12-14/h3-12,17-18H,1-2H3,(H,23,25). The summed E-state index contributed by atoms with van der Waals surface area (Å²) in [4.78, 5) is 21.4. The zero-order valence-corrected chi connectivity index (χ0v) is 15.0. The van der Waals surface area contributed by atoms with Gasteiger partial charge in [-0.05, 0) is 48.9 Å². The van der Waals surface area contributed by atoms with Crippen LogP contribution in [0.5, 0.6) is 5.75 Å². The number of fused-ring (bicyclic) bond motifs is 1. The molecule has 1 aliphatic heterocycles. The molecule has 0 radical (unpaired) electrons. The number of aromatic nitrogens is 1. The van der Waals surface area contributed by atoms with Gasteiger partial charge in [0.25, 0.3) is 5.91 Å². The number of aryl methyl sites for hydroxylation is 1. The summed E-state index contributed by atoms with van der Waals surface area (Å²) in [6.45, 7) is 1.91. The lowest BCUT2D eigenvalue weighted by atomic mass is 10.0. The Bertz CT molecular complexity index is 964. The molecule has 136 valence electrons. The molecule has 2 aliphatic rings. The third-order valence-electron chi connectivity index (χ3n) is 4.49. The van der Waals surface area contributed by atoms with Crippen LogP contribution in [0.15, 0.2) is 71.6 Å². The number of rotatable bonds is 4. The molecule has 1 aromatic heterocycles. The summed E-state index contributed by atoms with van der Waals surface area (Å²) in [6, 6.07) is 9.06. The van der Waals surface area contributed by atoms with E-state index >= 15 is 0 Å². The monoisotopic (exact) mass is 361 g/mol. The Labute approximate surface area is 157 Å². The first-order valence-electron chi connectivity index (χ1n) is 8.65. The van der Waals surface area contributed by atoms with Crippen molar-refractivity contribution >= 4 is 11.8 Å². The van der Waals surface area contributed by atoms with Gasteiger partial charge in [-0.2, -0.15) is 0 Å². The van der Waals surface area contributed by atoms with Crippen molar-refractivity contribution in [1.82, 2.24) is 10.3 Å². The predicted octanol–water partition coefficient (Wildman–Crippen LogP) is 2.80. The first-order chi connectivity index (χ1) is 13.2. The molecule has 0 fully saturated rings. The summed E-state index contributed by atoms with van der Waals surface area (Å²) in [7, 11) is 1.56. The number of carbonyl (C=O) groups excluding carboxylic acids is 1. The second kappa shape index (κ2) is 7.07. The van der Waals surface area contributed by atoms with E-state index in [0.717, 1.165) is 11.1 Å². The molecule has 2 aromatic rings. The molecule has 2 atom stereocenters. The Hall–Kier alpha value is -3.41. The highest BCUT2D eigenvalue weighted by Gasteiger charge is 2.31. The minimum absolute atomic E-state index is 0.172. The molecule has 2 heterocycles. The third-order valence-corrected chi connectivity index (χ3v) is 4.49. The maximum Gasteiger partial charge on any atom is 0.259 e. The van der Waals surface area contributed by atoms with Gasteiger partial charge in [0.2, 0.25) is 5.90 Å². The Morgan fingerprint density at radius 2 is 2.15 bits per heavy atom. The number of aliphatic imine (C=N–C) groups is 1. The van der Waals surface area contributed by atoms with E-state index < -0.39 is 0 Å². The summed E-state index contributed by atoms with van der Waals surface area (Å²) in [5.41, 5.74) is 2.93. The largest absolute Gasteiger partial charge is 0.496 e. The number of hydrogen-bond donors (Lipinski definition) is 1. The van der Waals surface area contributed by atoms with Gasteiger partial charge >= 0.3 is 0 Å². The Kier molecular flexibility index (Phi) is 4.46. The molecular weight excluding hydrogens is 342 g/mol. The summed E-state index contributed by atoms with van der Waals surface area (Å²) in [6.07, 6.45) is 8.89. The molecule has 0 saturated heterocycles. The highest BCUT2D eigenvalue weighted by molar-refractivity contribution is 5.99. The van der Waals surface area contributed by atoms with Gasteiger partial charge < -0.3 is 14.8 Å². The SMILES string of the molecule is COc1c(C)cccc1C(=O)NC1=CC2N=C(c3cccnc3)OC2C=C1. The fraction of sp³-hybridized carbons (Fsp3) is 0.190. The summed E-state index contributed by atoms with van der Waals surface area (Å²) in [5, 5.41) is 2.92. The fourth-order valence-electron chi connectivity index (χ4n) is 3.18. The summed E-state index contributed by atoms with van der Waals surface area (Å²) >= 11 is 0. The molecule has 1 aliphatic carbocycles. The first kappa shape index (κ1) is 17.0. The Morgan fingerprint density at radius 3 is 2.93 bits per heavy atom. The number of pyridine rings is 1. The van der Waals surface area contributed by atoms with E-state index in [-0.39, 0.29) is 18.1 Å². The van der Waals surface area contributed by atoms with Gasteiger partial charge in [0.1, 0.15) is 17.9 Å². The van der Waals surface area contributed by atoms with Crippen LogP contribution in [0.4, 0.5) is 0 Å². The van der Waals surface area contributed by atoms with Crippen LogP contribution in [0, 0.1) is 6.92 Å². The molecule has 0 saturated carbocycles. The zero-order chi connectivity index (χ0) is 18.8. The van der Waals surface area contributed by atoms with Crippen molar-refractivity contribution in [3.8, 4) is 5.75 Å². The fourth-order valence-corrected chi connectivity index (χ4v) is 3.18. The molecule has 6 heteroatoms. The summed E-state index contributed by atoms with van der Waals surface area (Å²) in [5.74, 6) is 0.918. The van der Waals surface area contributed by atoms with E-state index in [4.69, 9.17) is 9.47 Å². The number of para-hydroxylation sites is 1. The minimum Gasteiger partial charge on any atom is -0.496 e. The number of benzene rings is 1. The van der Waals surface area contributed by atoms with Crippen molar-refractivity contribution < 1.29 is 14.3 Å². The summed E-state index contributed by atoms with van der Waals surface area (Å²) < 4.78 is 11.3. The van der Waals surface area contributed by atoms with Crippen LogP contribution in [0.1, 0.15) is 21.5 Å². The number of ether oxygens (including phenoxy) is 2. The van der Waals surface area contributed by atoms with Gasteiger partial charge in [-0.25, -0.2) is 4.99 Å². The van der Waals surface area contributed by atoms with Crippen LogP contribution >= 0.6 is 0 Å². The average molecular weight is 361 g/mol. The van der Waals surface area contributed by atoms with E-state index in [1.807, 2.05) is 49.4 Å². The normalized spacial score (nSPS) is 20.2. The lowest BCUT2D eigenvalue weighted by molar-refractivity contribution is 0.0963. The van der Waals surface area contributed by atoms with Gasteiger partial charge in [-0.3, -0.25) is 9.78 Å². The first-order valence-corrected chi connectivity index (χ1v) is 8.65. The smallest absolute Gasteiger partial charge is 0.259 e. The van der Waals surface area contributed by atoms with Gasteiger partial charge in [0, 0.05) is 18.1 Å². The molecule has 1 amide bonds. The van der Waals surface area contributed by atoms with E-state index in [0.29, 0.717) is 22.9 Å². The van der Waals surface area contributed by atoms with Crippen LogP contribution in [0.25, 0.3) is 0 Å². The molecule has 0 spiro atoms. The minimum atomic E-state index is -0.222. The highest BCUT2D eigenvalue weighted by Crippen LogP contribution is 2.26. The van der Waals surface area contributed by atoms with Gasteiger partial charge in [-0.1, -0.05) is 12.1 Å². The molecule has 6 nitrogen and oxygen atoms in total. The van der Waals surface area contributed by atoms with Crippen LogP contribution in [-0.4, -0.2) is 36.0 Å². The quantitative estimate of drug-likeness (QED) is 0.909. The second-order valence-electron chi connectivity index (χ2n) is 6.34. The number of carbonyl (C=O) groups is 1.